The summed E-state index contributed by atoms with van der Waals surface area (Å²) < 4.78 is 4.96. The first-order chi connectivity index (χ1) is 13.3. The van der Waals surface area contributed by atoms with Crippen molar-refractivity contribution in [3.8, 4) is 0 Å². The molecule has 11 nitrogen and oxygen atoms in total. The Morgan fingerprint density at radius 3 is 1.96 bits per heavy atom. The van der Waals surface area contributed by atoms with Gasteiger partial charge in [0.25, 0.3) is 11.8 Å². The van der Waals surface area contributed by atoms with Crippen LogP contribution in [0, 0.1) is 0 Å². The summed E-state index contributed by atoms with van der Waals surface area (Å²) in [4.78, 5) is 45.0. The van der Waals surface area contributed by atoms with Gasteiger partial charge in [-0.1, -0.05) is 30.3 Å². The Kier molecular flexibility index (Phi) is 10.0. The number of hydrogen-bond acceptors (Lipinski definition) is 7. The van der Waals surface area contributed by atoms with Gasteiger partial charge in [0.2, 0.25) is 0 Å². The highest BCUT2D eigenvalue weighted by molar-refractivity contribution is 5.90. The molecule has 0 spiro atoms. The van der Waals surface area contributed by atoms with E-state index in [2.05, 4.69) is 16.0 Å². The number of carboxylic acid groups (broad SMARTS) is 1. The third-order valence-corrected chi connectivity index (χ3v) is 3.38. The van der Waals surface area contributed by atoms with E-state index in [0.29, 0.717) is 0 Å². The first kappa shape index (κ1) is 22.9. The molecule has 1 aromatic rings. The number of ether oxygens (including phenoxy) is 1. The third kappa shape index (κ3) is 8.96. The average molecular weight is 397 g/mol. The highest BCUT2D eigenvalue weighted by Crippen LogP contribution is 2.00. The van der Waals surface area contributed by atoms with Gasteiger partial charge in [0, 0.05) is 19.6 Å². The van der Waals surface area contributed by atoms with Crippen molar-refractivity contribution in [2.24, 2.45) is 0 Å². The molecule has 28 heavy (non-hydrogen) atoms. The number of hydrogen-bond donors (Lipinski definition) is 6. The highest BCUT2D eigenvalue weighted by atomic mass is 16.5. The molecule has 0 aliphatic carbocycles. The van der Waals surface area contributed by atoms with Crippen molar-refractivity contribution in [2.45, 2.75) is 25.2 Å². The van der Waals surface area contributed by atoms with Crippen LogP contribution in [0.4, 0.5) is 4.79 Å². The quantitative estimate of drug-likeness (QED) is 0.241. The molecular weight excluding hydrogens is 374 g/mol. The van der Waals surface area contributed by atoms with Gasteiger partial charge in [0.1, 0.15) is 6.61 Å². The van der Waals surface area contributed by atoms with Crippen LogP contribution in [0.2, 0.25) is 0 Å². The summed E-state index contributed by atoms with van der Waals surface area (Å²) >= 11 is 0. The van der Waals surface area contributed by atoms with Crippen LogP contribution in [0.5, 0.6) is 0 Å². The molecule has 0 aliphatic heterocycles. The highest BCUT2D eigenvalue weighted by Gasteiger charge is 2.29. The molecule has 0 radical (unpaired) electrons. The van der Waals surface area contributed by atoms with Crippen molar-refractivity contribution < 1.29 is 39.2 Å². The fourth-order valence-corrected chi connectivity index (χ4v) is 1.91. The zero-order valence-electron chi connectivity index (χ0n) is 15.0. The molecular formula is C17H23N3O8. The van der Waals surface area contributed by atoms with Crippen LogP contribution in [0.15, 0.2) is 30.3 Å². The maximum atomic E-state index is 11.7. The number of aliphatic hydroxyl groups is 2. The van der Waals surface area contributed by atoms with E-state index in [1.54, 1.807) is 24.3 Å². The molecule has 0 heterocycles. The number of carbonyl (C=O) groups is 4. The molecule has 154 valence electrons. The number of carboxylic acids is 1. The molecule has 0 saturated carbocycles. The van der Waals surface area contributed by atoms with Gasteiger partial charge in [-0.3, -0.25) is 14.4 Å². The first-order valence-corrected chi connectivity index (χ1v) is 8.39. The first-order valence-electron chi connectivity index (χ1n) is 8.39. The summed E-state index contributed by atoms with van der Waals surface area (Å²) in [6.45, 7) is -0.258. The molecule has 11 heteroatoms. The molecule has 0 fully saturated rings. The summed E-state index contributed by atoms with van der Waals surface area (Å²) in [7, 11) is 0. The van der Waals surface area contributed by atoms with Crippen molar-refractivity contribution in [1.29, 1.82) is 0 Å². The van der Waals surface area contributed by atoms with Gasteiger partial charge in [-0.05, 0) is 5.56 Å². The number of rotatable bonds is 11. The zero-order valence-corrected chi connectivity index (χ0v) is 15.0. The normalized spacial score (nSPS) is 12.4. The molecule has 0 aliphatic rings. The minimum Gasteiger partial charge on any atom is -0.481 e. The minimum absolute atomic E-state index is 0.00696. The lowest BCUT2D eigenvalue weighted by molar-refractivity contribution is -0.146. The molecule has 2 atom stereocenters. The number of amides is 3. The third-order valence-electron chi connectivity index (χ3n) is 3.38. The summed E-state index contributed by atoms with van der Waals surface area (Å²) in [6, 6.07) is 9.02. The molecule has 1 rings (SSSR count). The second kappa shape index (κ2) is 12.3. The van der Waals surface area contributed by atoms with Crippen LogP contribution in [0.25, 0.3) is 0 Å². The molecule has 3 amide bonds. The van der Waals surface area contributed by atoms with Crippen molar-refractivity contribution in [2.75, 3.05) is 19.6 Å². The second-order valence-electron chi connectivity index (χ2n) is 5.60. The summed E-state index contributed by atoms with van der Waals surface area (Å²) in [5, 5.41) is 34.4. The number of aliphatic hydroxyl groups excluding tert-OH is 2. The van der Waals surface area contributed by atoms with E-state index in [4.69, 9.17) is 9.84 Å². The number of nitrogens with one attached hydrogen (secondary N) is 3. The van der Waals surface area contributed by atoms with E-state index in [1.807, 2.05) is 6.07 Å². The van der Waals surface area contributed by atoms with Crippen LogP contribution in [-0.4, -0.2) is 71.0 Å². The Morgan fingerprint density at radius 1 is 0.857 bits per heavy atom. The smallest absolute Gasteiger partial charge is 0.407 e. The molecule has 1 aromatic carbocycles. The monoisotopic (exact) mass is 397 g/mol. The largest absolute Gasteiger partial charge is 0.481 e. The van der Waals surface area contributed by atoms with Gasteiger partial charge in [-0.15, -0.1) is 0 Å². The van der Waals surface area contributed by atoms with E-state index in [0.717, 1.165) is 5.56 Å². The van der Waals surface area contributed by atoms with Gasteiger partial charge in [0.05, 0.1) is 6.42 Å². The minimum atomic E-state index is -2.06. The number of benzene rings is 1. The van der Waals surface area contributed by atoms with Crippen LogP contribution in [0.1, 0.15) is 12.0 Å². The summed E-state index contributed by atoms with van der Waals surface area (Å²) in [5.41, 5.74) is 0.810. The number of aliphatic carboxylic acids is 1. The van der Waals surface area contributed by atoms with Crippen LogP contribution in [-0.2, 0) is 25.7 Å². The van der Waals surface area contributed by atoms with Gasteiger partial charge >= 0.3 is 12.1 Å². The maximum absolute atomic E-state index is 11.7. The zero-order chi connectivity index (χ0) is 20.9. The lowest BCUT2D eigenvalue weighted by Gasteiger charge is -2.17. The van der Waals surface area contributed by atoms with E-state index in [-0.39, 0.29) is 32.7 Å². The van der Waals surface area contributed by atoms with Crippen LogP contribution < -0.4 is 16.0 Å². The fourth-order valence-electron chi connectivity index (χ4n) is 1.91. The van der Waals surface area contributed by atoms with Crippen molar-refractivity contribution >= 4 is 23.9 Å². The summed E-state index contributed by atoms with van der Waals surface area (Å²) in [5.74, 6) is -3.25. The SMILES string of the molecule is O=C(O)CCNC(=O)C(O)C(O)C(=O)NCCNC(=O)OCc1ccccc1. The van der Waals surface area contributed by atoms with E-state index in [1.165, 1.54) is 0 Å². The maximum Gasteiger partial charge on any atom is 0.407 e. The predicted octanol–water partition coefficient (Wildman–Crippen LogP) is -1.66. The standard InChI is InChI=1S/C17H23N3O8/c21-12(22)6-7-18-15(25)13(23)14(24)16(26)19-8-9-20-17(27)28-10-11-4-2-1-3-5-11/h1-5,13-14,23-24H,6-10H2,(H,18,25)(H,19,26)(H,20,27)(H,21,22). The molecule has 0 bridgehead atoms. The number of alkyl carbamates (subject to hydrolysis) is 1. The summed E-state index contributed by atoms with van der Waals surface area (Å²) in [6.07, 6.45) is -5.17. The lowest BCUT2D eigenvalue weighted by Crippen LogP contribution is -2.50. The van der Waals surface area contributed by atoms with Crippen molar-refractivity contribution in [3.63, 3.8) is 0 Å². The Labute approximate surface area is 160 Å². The molecule has 0 aromatic heterocycles. The van der Waals surface area contributed by atoms with Crippen molar-refractivity contribution in [1.82, 2.24) is 16.0 Å². The Bertz CT molecular complexity index is 668. The van der Waals surface area contributed by atoms with Gasteiger partial charge in [-0.25, -0.2) is 4.79 Å². The van der Waals surface area contributed by atoms with Gasteiger partial charge in [0.15, 0.2) is 12.2 Å². The molecule has 2 unspecified atom stereocenters. The number of carbonyl (C=O) groups excluding carboxylic acids is 3. The van der Waals surface area contributed by atoms with E-state index >= 15 is 0 Å². The Morgan fingerprint density at radius 2 is 1.39 bits per heavy atom. The van der Waals surface area contributed by atoms with Gasteiger partial charge < -0.3 is 36.0 Å². The van der Waals surface area contributed by atoms with Crippen molar-refractivity contribution in [3.05, 3.63) is 35.9 Å². The fraction of sp³-hybridized carbons (Fsp3) is 0.412. The topological polar surface area (TPSA) is 174 Å². The average Bonchev–Trinajstić information content (AvgIpc) is 2.68. The van der Waals surface area contributed by atoms with Gasteiger partial charge in [-0.2, -0.15) is 0 Å². The van der Waals surface area contributed by atoms with Crippen LogP contribution >= 0.6 is 0 Å². The molecule has 6 N–H and O–H groups in total. The predicted molar refractivity (Wildman–Crippen MR) is 94.9 cm³/mol. The molecule has 0 saturated heterocycles. The van der Waals surface area contributed by atoms with E-state index in [9.17, 15) is 29.4 Å². The second-order valence-corrected chi connectivity index (χ2v) is 5.60. The lowest BCUT2D eigenvalue weighted by atomic mass is 10.1. The van der Waals surface area contributed by atoms with E-state index < -0.39 is 36.1 Å². The Hall–Kier alpha value is -3.18. The Balaban J connectivity index is 2.21. The van der Waals surface area contributed by atoms with Crippen LogP contribution in [0.3, 0.4) is 0 Å².